The van der Waals surface area contributed by atoms with Gasteiger partial charge < -0.3 is 19.8 Å². The van der Waals surface area contributed by atoms with E-state index in [1.807, 2.05) is 24.4 Å². The second kappa shape index (κ2) is 9.77. The Morgan fingerprint density at radius 2 is 1.91 bits per heavy atom. The quantitative estimate of drug-likeness (QED) is 0.598. The Kier molecular flexibility index (Phi) is 6.75. The summed E-state index contributed by atoms with van der Waals surface area (Å²) in [6, 6.07) is 5.81. The van der Waals surface area contributed by atoms with E-state index in [4.69, 9.17) is 9.47 Å². The number of carbonyl (C=O) groups excluding carboxylic acids is 1. The van der Waals surface area contributed by atoms with Crippen molar-refractivity contribution in [2.75, 3.05) is 44.8 Å². The molecule has 2 saturated heterocycles. The van der Waals surface area contributed by atoms with Gasteiger partial charge in [0.05, 0.1) is 18.8 Å². The Balaban J connectivity index is 1.11. The first-order valence-corrected chi connectivity index (χ1v) is 12.3. The van der Waals surface area contributed by atoms with Crippen LogP contribution >= 0.6 is 0 Å². The first-order chi connectivity index (χ1) is 16.3. The highest BCUT2D eigenvalue weighted by molar-refractivity contribution is 6.02. The number of aromatic nitrogens is 1. The van der Waals surface area contributed by atoms with Gasteiger partial charge in [-0.05, 0) is 68.1 Å². The fourth-order valence-electron chi connectivity index (χ4n) is 5.97. The fourth-order valence-corrected chi connectivity index (χ4v) is 5.97. The number of amides is 1. The summed E-state index contributed by atoms with van der Waals surface area (Å²) in [5.74, 6) is 2.02. The molecule has 0 bridgehead atoms. The smallest absolute Gasteiger partial charge is 0.401 e. The average molecular weight is 480 g/mol. The Morgan fingerprint density at radius 3 is 2.62 bits per heavy atom. The molecular weight excluding hydrogens is 447 g/mol. The molecule has 1 unspecified atom stereocenters. The number of hydrogen-bond acceptors (Lipinski definition) is 4. The SMILES string of the molecule is O=C(Nc1c[nH]c2ccc(OCCC3C[C@@H]4CN(CC(F)(F)F)C[C@@H]4C3)cc12)C1CCOCC1. The van der Waals surface area contributed by atoms with E-state index in [0.29, 0.717) is 50.7 Å². The second-order valence-corrected chi connectivity index (χ2v) is 10.1. The number of rotatable bonds is 7. The molecule has 5 rings (SSSR count). The molecule has 9 heteroatoms. The number of nitrogens with zero attached hydrogens (tertiary/aromatic N) is 1. The number of aromatic amines is 1. The van der Waals surface area contributed by atoms with Crippen molar-refractivity contribution in [2.24, 2.45) is 23.7 Å². The summed E-state index contributed by atoms with van der Waals surface area (Å²) in [6.45, 7) is 2.17. The number of hydrogen-bond donors (Lipinski definition) is 2. The van der Waals surface area contributed by atoms with Crippen LogP contribution in [-0.2, 0) is 9.53 Å². The van der Waals surface area contributed by atoms with Gasteiger partial charge in [0.1, 0.15) is 5.75 Å². The highest BCUT2D eigenvalue weighted by Crippen LogP contribution is 2.43. The van der Waals surface area contributed by atoms with Crippen molar-refractivity contribution < 1.29 is 27.4 Å². The third-order valence-corrected chi connectivity index (χ3v) is 7.63. The lowest BCUT2D eigenvalue weighted by molar-refractivity contribution is -0.144. The lowest BCUT2D eigenvalue weighted by Gasteiger charge is -2.21. The first-order valence-electron chi connectivity index (χ1n) is 12.3. The van der Waals surface area contributed by atoms with Crippen molar-refractivity contribution >= 4 is 22.5 Å². The van der Waals surface area contributed by atoms with Crippen molar-refractivity contribution in [1.82, 2.24) is 9.88 Å². The molecule has 0 radical (unpaired) electrons. The van der Waals surface area contributed by atoms with E-state index < -0.39 is 12.7 Å². The van der Waals surface area contributed by atoms with E-state index in [0.717, 1.165) is 54.4 Å². The first kappa shape index (κ1) is 23.5. The molecule has 3 fully saturated rings. The zero-order valence-corrected chi connectivity index (χ0v) is 19.2. The summed E-state index contributed by atoms with van der Waals surface area (Å²) in [5.41, 5.74) is 1.69. The van der Waals surface area contributed by atoms with Crippen LogP contribution in [0.5, 0.6) is 5.75 Å². The molecule has 34 heavy (non-hydrogen) atoms. The van der Waals surface area contributed by atoms with Gasteiger partial charge in [0.15, 0.2) is 0 Å². The normalized spacial score (nSPS) is 26.1. The molecule has 2 aliphatic heterocycles. The standard InChI is InChI=1S/C25H32F3N3O3/c26-25(27,28)15-31-13-18-9-16(10-19(18)14-31)3-8-34-20-1-2-22-21(11-20)23(12-29-22)30-24(32)17-4-6-33-7-5-17/h1-2,11-12,16-19,29H,3-10,13-15H2,(H,30,32)/t16?,18-,19+. The number of H-pyrrole nitrogens is 1. The number of alkyl halides is 3. The molecule has 3 heterocycles. The molecule has 3 atom stereocenters. The van der Waals surface area contributed by atoms with Crippen LogP contribution in [0.2, 0.25) is 0 Å². The number of benzene rings is 1. The highest BCUT2D eigenvalue weighted by atomic mass is 19.4. The van der Waals surface area contributed by atoms with E-state index in [-0.39, 0.29) is 11.8 Å². The molecule has 3 aliphatic rings. The molecule has 1 aromatic carbocycles. The van der Waals surface area contributed by atoms with Gasteiger partial charge in [0.25, 0.3) is 0 Å². The molecular formula is C25H32F3N3O3. The van der Waals surface area contributed by atoms with Gasteiger partial charge in [-0.25, -0.2) is 0 Å². The maximum Gasteiger partial charge on any atom is 0.401 e. The molecule has 2 N–H and O–H groups in total. The summed E-state index contributed by atoms with van der Waals surface area (Å²) >= 11 is 0. The number of nitrogens with one attached hydrogen (secondary N) is 2. The van der Waals surface area contributed by atoms with Gasteiger partial charge >= 0.3 is 6.18 Å². The lowest BCUT2D eigenvalue weighted by atomic mass is 9.99. The Morgan fingerprint density at radius 1 is 1.18 bits per heavy atom. The zero-order valence-electron chi connectivity index (χ0n) is 19.2. The Hall–Kier alpha value is -2.26. The number of likely N-dealkylation sites (tertiary alicyclic amines) is 1. The largest absolute Gasteiger partial charge is 0.494 e. The van der Waals surface area contributed by atoms with Gasteiger partial charge in [0.2, 0.25) is 5.91 Å². The van der Waals surface area contributed by atoms with E-state index >= 15 is 0 Å². The maximum absolute atomic E-state index is 12.7. The van der Waals surface area contributed by atoms with Crippen molar-refractivity contribution in [2.45, 2.75) is 38.3 Å². The molecule has 0 spiro atoms. The van der Waals surface area contributed by atoms with Crippen molar-refractivity contribution in [1.29, 1.82) is 0 Å². The minimum absolute atomic E-state index is 0.0235. The van der Waals surface area contributed by atoms with Crippen LogP contribution in [0, 0.1) is 23.7 Å². The summed E-state index contributed by atoms with van der Waals surface area (Å²) in [4.78, 5) is 17.4. The zero-order chi connectivity index (χ0) is 23.7. The number of anilines is 1. The van der Waals surface area contributed by atoms with Gasteiger partial charge in [-0.2, -0.15) is 13.2 Å². The van der Waals surface area contributed by atoms with E-state index in [1.54, 1.807) is 4.90 Å². The third-order valence-electron chi connectivity index (χ3n) is 7.63. The summed E-state index contributed by atoms with van der Waals surface area (Å²) in [5, 5.41) is 3.96. The van der Waals surface area contributed by atoms with Crippen LogP contribution in [-0.4, -0.2) is 61.4 Å². The van der Waals surface area contributed by atoms with E-state index in [9.17, 15) is 18.0 Å². The molecule has 1 aliphatic carbocycles. The molecule has 2 aromatic rings. The number of carbonyl (C=O) groups is 1. The second-order valence-electron chi connectivity index (χ2n) is 10.1. The molecule has 186 valence electrons. The molecule has 1 amide bonds. The van der Waals surface area contributed by atoms with Gasteiger partial charge in [-0.15, -0.1) is 0 Å². The fraction of sp³-hybridized carbons (Fsp3) is 0.640. The Labute approximate surface area is 197 Å². The third kappa shape index (κ3) is 5.51. The van der Waals surface area contributed by atoms with Crippen LogP contribution in [0.25, 0.3) is 10.9 Å². The number of ether oxygens (including phenoxy) is 2. The lowest BCUT2D eigenvalue weighted by Crippen LogP contribution is -2.33. The van der Waals surface area contributed by atoms with Crippen molar-refractivity contribution in [3.63, 3.8) is 0 Å². The average Bonchev–Trinajstić information content (AvgIpc) is 3.46. The molecule has 1 saturated carbocycles. The molecule has 1 aromatic heterocycles. The van der Waals surface area contributed by atoms with E-state index in [1.165, 1.54) is 0 Å². The predicted octanol–water partition coefficient (Wildman–Crippen LogP) is 4.82. The highest BCUT2D eigenvalue weighted by Gasteiger charge is 2.43. The van der Waals surface area contributed by atoms with Crippen molar-refractivity contribution in [3.8, 4) is 5.75 Å². The van der Waals surface area contributed by atoms with Crippen LogP contribution in [0.1, 0.15) is 32.1 Å². The van der Waals surface area contributed by atoms with Crippen molar-refractivity contribution in [3.05, 3.63) is 24.4 Å². The van der Waals surface area contributed by atoms with Gasteiger partial charge in [0, 0.05) is 49.3 Å². The topological polar surface area (TPSA) is 66.6 Å². The van der Waals surface area contributed by atoms with Crippen LogP contribution < -0.4 is 10.1 Å². The minimum atomic E-state index is -4.11. The minimum Gasteiger partial charge on any atom is -0.494 e. The van der Waals surface area contributed by atoms with E-state index in [2.05, 4.69) is 10.3 Å². The van der Waals surface area contributed by atoms with Crippen LogP contribution in [0.4, 0.5) is 18.9 Å². The Bertz CT molecular complexity index is 988. The van der Waals surface area contributed by atoms with Crippen LogP contribution in [0.3, 0.4) is 0 Å². The molecule has 6 nitrogen and oxygen atoms in total. The predicted molar refractivity (Wildman–Crippen MR) is 123 cm³/mol. The van der Waals surface area contributed by atoms with Gasteiger partial charge in [-0.1, -0.05) is 0 Å². The monoisotopic (exact) mass is 479 g/mol. The number of halogens is 3. The van der Waals surface area contributed by atoms with Gasteiger partial charge in [-0.3, -0.25) is 9.69 Å². The van der Waals surface area contributed by atoms with Crippen LogP contribution in [0.15, 0.2) is 24.4 Å². The summed E-state index contributed by atoms with van der Waals surface area (Å²) in [6.07, 6.45) is 2.07. The maximum atomic E-state index is 12.7. The summed E-state index contributed by atoms with van der Waals surface area (Å²) in [7, 11) is 0. The summed E-state index contributed by atoms with van der Waals surface area (Å²) < 4.78 is 49.3. The number of fused-ring (bicyclic) bond motifs is 2.